The highest BCUT2D eigenvalue weighted by Gasteiger charge is 2.16. The maximum Gasteiger partial charge on any atom is 0.230 e. The van der Waals surface area contributed by atoms with E-state index >= 15 is 0 Å². The number of hydrogen-bond acceptors (Lipinski definition) is 6. The molecule has 0 bridgehead atoms. The molecule has 0 spiro atoms. The molecule has 6 nitrogen and oxygen atoms in total. The minimum Gasteiger partial charge on any atom is -0.424 e. The molecule has 1 saturated heterocycles. The lowest BCUT2D eigenvalue weighted by atomic mass is 10.4. The Bertz CT molecular complexity index is 342. The van der Waals surface area contributed by atoms with Gasteiger partial charge in [0.2, 0.25) is 11.8 Å². The van der Waals surface area contributed by atoms with Gasteiger partial charge in [-0.3, -0.25) is 9.80 Å². The summed E-state index contributed by atoms with van der Waals surface area (Å²) in [5.41, 5.74) is 0. The number of β-amino-alcohol motifs (C(OH)–C–C–N with tert-alkyl or cyclic N) is 1. The molecule has 0 aliphatic carbocycles. The van der Waals surface area contributed by atoms with E-state index in [0.717, 1.165) is 45.7 Å². The van der Waals surface area contributed by atoms with Crippen LogP contribution in [0.5, 0.6) is 0 Å². The van der Waals surface area contributed by atoms with E-state index in [1.807, 2.05) is 6.92 Å². The monoisotopic (exact) mass is 240 g/mol. The molecule has 0 atom stereocenters. The normalized spacial score (nSPS) is 19.4. The van der Waals surface area contributed by atoms with Crippen LogP contribution in [0.1, 0.15) is 18.2 Å². The van der Waals surface area contributed by atoms with Gasteiger partial charge >= 0.3 is 0 Å². The van der Waals surface area contributed by atoms with Crippen molar-refractivity contribution in [3.05, 3.63) is 11.8 Å². The Kier molecular flexibility index (Phi) is 4.47. The van der Waals surface area contributed by atoms with Crippen molar-refractivity contribution in [2.45, 2.75) is 19.9 Å². The molecule has 0 aromatic carbocycles. The van der Waals surface area contributed by atoms with Crippen LogP contribution in [0.4, 0.5) is 0 Å². The zero-order valence-corrected chi connectivity index (χ0v) is 10.3. The van der Waals surface area contributed by atoms with E-state index in [9.17, 15) is 0 Å². The molecule has 0 unspecified atom stereocenters. The van der Waals surface area contributed by atoms with Gasteiger partial charge in [-0.2, -0.15) is 0 Å². The fraction of sp³-hybridized carbons (Fsp3) is 0.818. The highest BCUT2D eigenvalue weighted by atomic mass is 16.4. The van der Waals surface area contributed by atoms with Crippen LogP contribution in [0.3, 0.4) is 0 Å². The molecule has 96 valence electrons. The van der Waals surface area contributed by atoms with Crippen LogP contribution in [0.15, 0.2) is 4.42 Å². The molecule has 1 fully saturated rings. The maximum atomic E-state index is 8.93. The van der Waals surface area contributed by atoms with Crippen molar-refractivity contribution in [3.63, 3.8) is 0 Å². The molecule has 2 rings (SSSR count). The average molecular weight is 240 g/mol. The maximum absolute atomic E-state index is 8.93. The van der Waals surface area contributed by atoms with Gasteiger partial charge in [0, 0.05) is 26.6 Å². The molecule has 0 amide bonds. The smallest absolute Gasteiger partial charge is 0.230 e. The number of rotatable bonds is 4. The summed E-state index contributed by atoms with van der Waals surface area (Å²) in [6.07, 6.45) is 1.12. The SMILES string of the molecule is Cc1nnc(CN2CCCN(CCO)CC2)o1. The fourth-order valence-corrected chi connectivity index (χ4v) is 2.14. The predicted molar refractivity (Wildman–Crippen MR) is 62.5 cm³/mol. The molecule has 2 heterocycles. The van der Waals surface area contributed by atoms with Gasteiger partial charge in [0.05, 0.1) is 13.2 Å². The minimum absolute atomic E-state index is 0.239. The van der Waals surface area contributed by atoms with Gasteiger partial charge in [-0.15, -0.1) is 10.2 Å². The quantitative estimate of drug-likeness (QED) is 0.791. The van der Waals surface area contributed by atoms with Gasteiger partial charge in [-0.1, -0.05) is 0 Å². The Morgan fingerprint density at radius 2 is 1.94 bits per heavy atom. The highest BCUT2D eigenvalue weighted by molar-refractivity contribution is 4.80. The molecule has 1 aromatic heterocycles. The number of hydrogen-bond donors (Lipinski definition) is 1. The van der Waals surface area contributed by atoms with Crippen molar-refractivity contribution in [2.24, 2.45) is 0 Å². The van der Waals surface area contributed by atoms with Crippen LogP contribution in [0.2, 0.25) is 0 Å². The second kappa shape index (κ2) is 6.09. The van der Waals surface area contributed by atoms with E-state index in [1.165, 1.54) is 0 Å². The summed E-state index contributed by atoms with van der Waals surface area (Å²) in [5, 5.41) is 16.8. The van der Waals surface area contributed by atoms with Crippen molar-refractivity contribution < 1.29 is 9.52 Å². The zero-order valence-electron chi connectivity index (χ0n) is 10.3. The Balaban J connectivity index is 1.82. The van der Waals surface area contributed by atoms with Gasteiger partial charge < -0.3 is 9.52 Å². The molecule has 1 aliphatic heterocycles. The number of aliphatic hydroxyl groups is 1. The van der Waals surface area contributed by atoms with Crippen molar-refractivity contribution in [3.8, 4) is 0 Å². The summed E-state index contributed by atoms with van der Waals surface area (Å²) in [6, 6.07) is 0. The van der Waals surface area contributed by atoms with E-state index in [0.29, 0.717) is 11.8 Å². The molecular formula is C11H20N4O2. The number of aromatic nitrogens is 2. The second-order valence-corrected chi connectivity index (χ2v) is 4.41. The first kappa shape index (κ1) is 12.5. The summed E-state index contributed by atoms with van der Waals surface area (Å²) in [7, 11) is 0. The summed E-state index contributed by atoms with van der Waals surface area (Å²) in [6.45, 7) is 7.63. The summed E-state index contributed by atoms with van der Waals surface area (Å²) < 4.78 is 5.38. The molecule has 1 aliphatic rings. The predicted octanol–water partition coefficient (Wildman–Crippen LogP) is -0.122. The van der Waals surface area contributed by atoms with Crippen LogP contribution in [-0.4, -0.2) is 64.4 Å². The topological polar surface area (TPSA) is 65.6 Å². The van der Waals surface area contributed by atoms with Crippen LogP contribution in [-0.2, 0) is 6.54 Å². The molecule has 1 N–H and O–H groups in total. The molecule has 6 heteroatoms. The van der Waals surface area contributed by atoms with Crippen molar-refractivity contribution in [2.75, 3.05) is 39.3 Å². The first-order chi connectivity index (χ1) is 8.28. The van der Waals surface area contributed by atoms with Crippen molar-refractivity contribution in [1.29, 1.82) is 0 Å². The van der Waals surface area contributed by atoms with Gasteiger partial charge in [-0.05, 0) is 19.5 Å². The van der Waals surface area contributed by atoms with Crippen LogP contribution < -0.4 is 0 Å². The molecule has 0 radical (unpaired) electrons. The third-order valence-corrected chi connectivity index (χ3v) is 3.02. The van der Waals surface area contributed by atoms with Crippen LogP contribution in [0, 0.1) is 6.92 Å². The lowest BCUT2D eigenvalue weighted by molar-refractivity contribution is 0.193. The molecule has 1 aromatic rings. The van der Waals surface area contributed by atoms with Gasteiger partial charge in [0.25, 0.3) is 0 Å². The third-order valence-electron chi connectivity index (χ3n) is 3.02. The number of aryl methyl sites for hydroxylation is 1. The second-order valence-electron chi connectivity index (χ2n) is 4.41. The Hall–Kier alpha value is -0.980. The number of nitrogens with zero attached hydrogens (tertiary/aromatic N) is 4. The third kappa shape index (κ3) is 3.76. The van der Waals surface area contributed by atoms with Crippen molar-refractivity contribution >= 4 is 0 Å². The Morgan fingerprint density at radius 3 is 2.65 bits per heavy atom. The zero-order chi connectivity index (χ0) is 12.1. The first-order valence-electron chi connectivity index (χ1n) is 6.12. The van der Waals surface area contributed by atoms with E-state index in [4.69, 9.17) is 9.52 Å². The van der Waals surface area contributed by atoms with E-state index in [1.54, 1.807) is 0 Å². The van der Waals surface area contributed by atoms with E-state index < -0.39 is 0 Å². The molecular weight excluding hydrogens is 220 g/mol. The largest absolute Gasteiger partial charge is 0.424 e. The summed E-state index contributed by atoms with van der Waals surface area (Å²) in [5.74, 6) is 1.31. The Morgan fingerprint density at radius 1 is 1.18 bits per heavy atom. The van der Waals surface area contributed by atoms with E-state index in [2.05, 4.69) is 20.0 Å². The lowest BCUT2D eigenvalue weighted by Crippen LogP contribution is -2.32. The fourth-order valence-electron chi connectivity index (χ4n) is 2.14. The van der Waals surface area contributed by atoms with Gasteiger partial charge in [0.15, 0.2) is 0 Å². The van der Waals surface area contributed by atoms with Gasteiger partial charge in [0.1, 0.15) is 0 Å². The number of aliphatic hydroxyl groups excluding tert-OH is 1. The minimum atomic E-state index is 0.239. The van der Waals surface area contributed by atoms with Crippen LogP contribution >= 0.6 is 0 Å². The summed E-state index contributed by atoms with van der Waals surface area (Å²) in [4.78, 5) is 4.61. The highest BCUT2D eigenvalue weighted by Crippen LogP contribution is 2.07. The first-order valence-corrected chi connectivity index (χ1v) is 6.12. The van der Waals surface area contributed by atoms with Crippen molar-refractivity contribution in [1.82, 2.24) is 20.0 Å². The van der Waals surface area contributed by atoms with E-state index in [-0.39, 0.29) is 6.61 Å². The molecule has 0 saturated carbocycles. The van der Waals surface area contributed by atoms with Gasteiger partial charge in [-0.25, -0.2) is 0 Å². The summed E-state index contributed by atoms with van der Waals surface area (Å²) >= 11 is 0. The lowest BCUT2D eigenvalue weighted by Gasteiger charge is -2.19. The standard InChI is InChI=1S/C11H20N4O2/c1-10-12-13-11(17-10)9-15-4-2-3-14(5-6-15)7-8-16/h16H,2-9H2,1H3. The van der Waals surface area contributed by atoms with Crippen LogP contribution in [0.25, 0.3) is 0 Å². The molecule has 17 heavy (non-hydrogen) atoms. The Labute approximate surface area is 101 Å². The average Bonchev–Trinajstić information content (AvgIpc) is 2.58.